The Bertz CT molecular complexity index is 921. The maximum Gasteiger partial charge on any atom is 0.416 e. The van der Waals surface area contributed by atoms with E-state index in [2.05, 4.69) is 5.32 Å². The highest BCUT2D eigenvalue weighted by molar-refractivity contribution is 5.95. The van der Waals surface area contributed by atoms with Crippen LogP contribution in [-0.4, -0.2) is 69.5 Å². The second-order valence-electron chi connectivity index (χ2n) is 7.36. The molecule has 0 aromatic heterocycles. The first kappa shape index (κ1) is 25.8. The quantitative estimate of drug-likeness (QED) is 0.335. The lowest BCUT2D eigenvalue weighted by molar-refractivity contribution is -0.139. The minimum atomic E-state index is -4.77. The molecule has 0 saturated heterocycles. The van der Waals surface area contributed by atoms with Crippen molar-refractivity contribution in [3.8, 4) is 11.1 Å². The van der Waals surface area contributed by atoms with Crippen LogP contribution in [0, 0.1) is 0 Å². The van der Waals surface area contributed by atoms with Gasteiger partial charge in [0.25, 0.3) is 5.91 Å². The Kier molecular flexibility index (Phi) is 8.76. The summed E-state index contributed by atoms with van der Waals surface area (Å²) in [5.41, 5.74) is -0.515. The molecule has 0 saturated carbocycles. The number of aliphatic hydroxyl groups excluding tert-OH is 5. The Labute approximate surface area is 182 Å². The van der Waals surface area contributed by atoms with Crippen molar-refractivity contribution in [3.63, 3.8) is 0 Å². The molecule has 0 radical (unpaired) electrons. The van der Waals surface area contributed by atoms with E-state index in [0.717, 1.165) is 12.1 Å². The van der Waals surface area contributed by atoms with E-state index in [1.54, 1.807) is 12.1 Å². The molecule has 0 heterocycles. The molecule has 0 bridgehead atoms. The van der Waals surface area contributed by atoms with E-state index in [0.29, 0.717) is 5.56 Å². The predicted octanol–water partition coefficient (Wildman–Crippen LogP) is 1.10. The number of rotatable bonds is 9. The zero-order chi connectivity index (χ0) is 24.1. The lowest BCUT2D eigenvalue weighted by atomic mass is 9.92. The third kappa shape index (κ3) is 6.27. The number of amides is 1. The maximum absolute atomic E-state index is 13.7. The van der Waals surface area contributed by atoms with Crippen LogP contribution in [0.15, 0.2) is 42.5 Å². The fourth-order valence-electron chi connectivity index (χ4n) is 3.29. The smallest absolute Gasteiger partial charge is 0.396 e. The Morgan fingerprint density at radius 1 is 0.969 bits per heavy atom. The topological polar surface area (TPSA) is 130 Å². The van der Waals surface area contributed by atoms with Crippen molar-refractivity contribution in [1.82, 2.24) is 5.32 Å². The Morgan fingerprint density at radius 3 is 2.19 bits per heavy atom. The number of halogens is 3. The van der Waals surface area contributed by atoms with Gasteiger partial charge in [-0.25, -0.2) is 0 Å². The highest BCUT2D eigenvalue weighted by atomic mass is 19.4. The van der Waals surface area contributed by atoms with Crippen LogP contribution in [0.4, 0.5) is 13.2 Å². The SMILES string of the molecule is CNC(=O)c1cccc(-c2ccc(CC(O)C(O)C(O)C(O)CCO)c(C(F)(F)F)c2)c1. The van der Waals surface area contributed by atoms with Gasteiger partial charge in [-0.1, -0.05) is 24.3 Å². The van der Waals surface area contributed by atoms with Crippen molar-refractivity contribution in [1.29, 1.82) is 0 Å². The number of alkyl halides is 3. The minimum absolute atomic E-state index is 0.195. The summed E-state index contributed by atoms with van der Waals surface area (Å²) >= 11 is 0. The van der Waals surface area contributed by atoms with Crippen LogP contribution in [-0.2, 0) is 12.6 Å². The summed E-state index contributed by atoms with van der Waals surface area (Å²) in [6, 6.07) is 9.50. The van der Waals surface area contributed by atoms with E-state index in [1.807, 2.05) is 0 Å². The van der Waals surface area contributed by atoms with E-state index in [9.17, 15) is 38.4 Å². The number of hydrogen-bond donors (Lipinski definition) is 6. The van der Waals surface area contributed by atoms with Gasteiger partial charge in [0.15, 0.2) is 0 Å². The summed E-state index contributed by atoms with van der Waals surface area (Å²) in [7, 11) is 1.44. The van der Waals surface area contributed by atoms with Crippen LogP contribution in [0.3, 0.4) is 0 Å². The Balaban J connectivity index is 2.35. The van der Waals surface area contributed by atoms with Gasteiger partial charge in [0.2, 0.25) is 0 Å². The first-order chi connectivity index (χ1) is 15.0. The van der Waals surface area contributed by atoms with E-state index in [-0.39, 0.29) is 23.1 Å². The first-order valence-electron chi connectivity index (χ1n) is 9.85. The average Bonchev–Trinajstić information content (AvgIpc) is 2.77. The van der Waals surface area contributed by atoms with Crippen molar-refractivity contribution >= 4 is 5.91 Å². The molecule has 176 valence electrons. The summed E-state index contributed by atoms with van der Waals surface area (Å²) in [4.78, 5) is 11.8. The number of nitrogens with one attached hydrogen (secondary N) is 1. The van der Waals surface area contributed by atoms with Crippen LogP contribution in [0.25, 0.3) is 11.1 Å². The molecule has 2 aromatic carbocycles. The minimum Gasteiger partial charge on any atom is -0.396 e. The number of benzene rings is 2. The maximum atomic E-state index is 13.7. The fourth-order valence-corrected chi connectivity index (χ4v) is 3.29. The predicted molar refractivity (Wildman–Crippen MR) is 110 cm³/mol. The van der Waals surface area contributed by atoms with Crippen LogP contribution < -0.4 is 5.32 Å². The van der Waals surface area contributed by atoms with Gasteiger partial charge in [-0.2, -0.15) is 13.2 Å². The summed E-state index contributed by atoms with van der Waals surface area (Å²) in [6.07, 6.45) is -12.8. The van der Waals surface area contributed by atoms with E-state index in [1.165, 1.54) is 25.2 Å². The zero-order valence-electron chi connectivity index (χ0n) is 17.3. The van der Waals surface area contributed by atoms with Crippen molar-refractivity contribution < 1.29 is 43.5 Å². The van der Waals surface area contributed by atoms with Gasteiger partial charge in [0, 0.05) is 25.6 Å². The number of carbonyl (C=O) groups excluding carboxylic acids is 1. The van der Waals surface area contributed by atoms with Crippen molar-refractivity contribution in [2.45, 2.75) is 43.4 Å². The number of aliphatic hydroxyl groups is 5. The highest BCUT2D eigenvalue weighted by Crippen LogP contribution is 2.36. The molecule has 2 aromatic rings. The van der Waals surface area contributed by atoms with Crippen LogP contribution in [0.2, 0.25) is 0 Å². The third-order valence-corrected chi connectivity index (χ3v) is 5.09. The molecule has 0 fully saturated rings. The fraction of sp³-hybridized carbons (Fsp3) is 0.409. The molecule has 0 spiro atoms. The van der Waals surface area contributed by atoms with Gasteiger partial charge in [-0.15, -0.1) is 0 Å². The van der Waals surface area contributed by atoms with Crippen molar-refractivity contribution in [2.24, 2.45) is 0 Å². The van der Waals surface area contributed by atoms with E-state index in [4.69, 9.17) is 5.11 Å². The zero-order valence-corrected chi connectivity index (χ0v) is 17.3. The summed E-state index contributed by atoms with van der Waals surface area (Å²) in [6.45, 7) is -0.484. The second-order valence-corrected chi connectivity index (χ2v) is 7.36. The molecule has 6 N–H and O–H groups in total. The molecule has 2 rings (SSSR count). The van der Waals surface area contributed by atoms with Gasteiger partial charge in [0.1, 0.15) is 12.2 Å². The molecule has 0 aliphatic carbocycles. The van der Waals surface area contributed by atoms with Crippen LogP contribution in [0.5, 0.6) is 0 Å². The molecular formula is C22H26F3NO6. The second kappa shape index (κ2) is 10.9. The average molecular weight is 457 g/mol. The van der Waals surface area contributed by atoms with Crippen LogP contribution in [0.1, 0.15) is 27.9 Å². The lowest BCUT2D eigenvalue weighted by Crippen LogP contribution is -2.45. The molecule has 0 aliphatic rings. The third-order valence-electron chi connectivity index (χ3n) is 5.09. The van der Waals surface area contributed by atoms with Gasteiger partial charge in [0.05, 0.1) is 17.8 Å². The van der Waals surface area contributed by atoms with Gasteiger partial charge < -0.3 is 30.8 Å². The molecule has 1 amide bonds. The molecule has 32 heavy (non-hydrogen) atoms. The van der Waals surface area contributed by atoms with Gasteiger partial charge in [-0.3, -0.25) is 4.79 Å². The number of carbonyl (C=O) groups is 1. The largest absolute Gasteiger partial charge is 0.416 e. The molecule has 10 heteroatoms. The molecule has 4 atom stereocenters. The van der Waals surface area contributed by atoms with Crippen LogP contribution >= 0.6 is 0 Å². The molecule has 7 nitrogen and oxygen atoms in total. The van der Waals surface area contributed by atoms with Gasteiger partial charge >= 0.3 is 6.18 Å². The van der Waals surface area contributed by atoms with Crippen molar-refractivity contribution in [3.05, 3.63) is 59.2 Å². The standard InChI is InChI=1S/C22H26F3NO6/c1-26-21(32)15-4-2-3-12(9-15)13-5-6-14(16(10-13)22(23,24)25)11-18(29)20(31)19(30)17(28)7-8-27/h2-6,9-10,17-20,27-31H,7-8,11H2,1H3,(H,26,32). The summed E-state index contributed by atoms with van der Waals surface area (Å²) < 4.78 is 41.2. The van der Waals surface area contributed by atoms with E-state index >= 15 is 0 Å². The van der Waals surface area contributed by atoms with Gasteiger partial charge in [-0.05, 0) is 41.3 Å². The molecule has 0 aliphatic heterocycles. The summed E-state index contributed by atoms with van der Waals surface area (Å²) in [5.74, 6) is -0.390. The monoisotopic (exact) mass is 457 g/mol. The number of hydrogen-bond acceptors (Lipinski definition) is 6. The van der Waals surface area contributed by atoms with Crippen molar-refractivity contribution in [2.75, 3.05) is 13.7 Å². The summed E-state index contributed by atoms with van der Waals surface area (Å²) in [5, 5.41) is 50.9. The lowest BCUT2D eigenvalue weighted by Gasteiger charge is -2.27. The normalized spacial score (nSPS) is 15.7. The molecule has 4 unspecified atom stereocenters. The Morgan fingerprint density at radius 2 is 1.59 bits per heavy atom. The van der Waals surface area contributed by atoms with E-state index < -0.39 is 55.1 Å². The highest BCUT2D eigenvalue weighted by Gasteiger charge is 2.36. The first-order valence-corrected chi connectivity index (χ1v) is 9.85. The molecular weight excluding hydrogens is 431 g/mol. The Hall–Kier alpha value is -2.50.